The molecule has 1 fully saturated rings. The maximum atomic E-state index is 12.8. The Kier molecular flexibility index (Phi) is 5.27. The Morgan fingerprint density at radius 3 is 2.47 bits per heavy atom. The fraction of sp³-hybridized carbons (Fsp3) is 0.238. The van der Waals surface area contributed by atoms with Gasteiger partial charge in [-0.05, 0) is 30.3 Å². The van der Waals surface area contributed by atoms with Gasteiger partial charge in [0.25, 0.3) is 5.91 Å². The molecule has 156 valence electrons. The average Bonchev–Trinajstić information content (AvgIpc) is 3.03. The van der Waals surface area contributed by atoms with E-state index >= 15 is 0 Å². The Hall–Kier alpha value is -3.24. The number of amides is 1. The van der Waals surface area contributed by atoms with Crippen LogP contribution in [-0.2, 0) is 4.74 Å². The first kappa shape index (κ1) is 20.0. The number of aromatic nitrogens is 1. The molecule has 9 heteroatoms. The van der Waals surface area contributed by atoms with Crippen LogP contribution in [0.4, 0.5) is 0 Å². The summed E-state index contributed by atoms with van der Waals surface area (Å²) in [6, 6.07) is 13.6. The maximum Gasteiger partial charge on any atom is 0.254 e. The maximum absolute atomic E-state index is 12.8. The van der Waals surface area contributed by atoms with Gasteiger partial charge in [0, 0.05) is 6.20 Å². The zero-order valence-corrected chi connectivity index (χ0v) is 15.7. The first-order valence-corrected chi connectivity index (χ1v) is 9.24. The minimum absolute atomic E-state index is 0.123. The van der Waals surface area contributed by atoms with Crippen molar-refractivity contribution >= 4 is 16.8 Å². The van der Waals surface area contributed by atoms with Crippen LogP contribution in [0.1, 0.15) is 16.6 Å². The van der Waals surface area contributed by atoms with Gasteiger partial charge in [-0.3, -0.25) is 9.59 Å². The first-order chi connectivity index (χ1) is 14.4. The van der Waals surface area contributed by atoms with Gasteiger partial charge in [0.1, 0.15) is 35.4 Å². The molecule has 1 amide bonds. The highest BCUT2D eigenvalue weighted by Gasteiger charge is 2.43. The number of hydrogen-bond donors (Lipinski definition) is 4. The second kappa shape index (κ2) is 7.88. The summed E-state index contributed by atoms with van der Waals surface area (Å²) in [5, 5.41) is 29.9. The molecule has 1 saturated heterocycles. The number of nitrogens with zero attached hydrogens (tertiary/aromatic N) is 1. The van der Waals surface area contributed by atoms with Crippen LogP contribution < -0.4 is 15.9 Å². The highest BCUT2D eigenvalue weighted by molar-refractivity contribution is 5.96. The number of ether oxygens (including phenoxy) is 2. The summed E-state index contributed by atoms with van der Waals surface area (Å²) in [6.45, 7) is -0.509. The van der Waals surface area contributed by atoms with Gasteiger partial charge >= 0.3 is 0 Å². The van der Waals surface area contributed by atoms with Gasteiger partial charge in [0.05, 0.1) is 17.5 Å². The molecule has 1 aromatic heterocycles. The monoisotopic (exact) mass is 412 g/mol. The summed E-state index contributed by atoms with van der Waals surface area (Å²) >= 11 is 0. The Morgan fingerprint density at radius 1 is 1.10 bits per heavy atom. The third-order valence-corrected chi connectivity index (χ3v) is 5.04. The number of para-hydroxylation sites is 1. The number of nitrogens with two attached hydrogens (primary N) is 1. The molecule has 2 heterocycles. The van der Waals surface area contributed by atoms with E-state index in [-0.39, 0.29) is 10.9 Å². The third kappa shape index (κ3) is 3.44. The zero-order valence-electron chi connectivity index (χ0n) is 15.7. The van der Waals surface area contributed by atoms with Crippen molar-refractivity contribution in [2.24, 2.45) is 5.73 Å². The van der Waals surface area contributed by atoms with Crippen LogP contribution in [0.3, 0.4) is 0 Å². The molecule has 0 bridgehead atoms. The van der Waals surface area contributed by atoms with E-state index in [2.05, 4.69) is 0 Å². The zero-order chi connectivity index (χ0) is 21.4. The topological polar surface area (TPSA) is 144 Å². The van der Waals surface area contributed by atoms with Gasteiger partial charge in [0.15, 0.2) is 6.23 Å². The number of carbonyl (C=O) groups excluding carboxylic acids is 1. The standard InChI is InChI=1S/C21H20N2O7/c22-20(28)14-9-23(21-19(27)18(26)16(10-24)30-21)15-7-6-12(8-13(15)17(14)25)29-11-4-2-1-3-5-11/h1-9,16,18-19,21,24,26-27H,10H2,(H2,22,28)/t16-,18-,19-,21-/m1/s1. The number of pyridine rings is 1. The summed E-state index contributed by atoms with van der Waals surface area (Å²) < 4.78 is 12.7. The molecule has 1 aliphatic heterocycles. The van der Waals surface area contributed by atoms with Crippen molar-refractivity contribution in [2.45, 2.75) is 24.5 Å². The van der Waals surface area contributed by atoms with Crippen molar-refractivity contribution in [1.82, 2.24) is 4.57 Å². The SMILES string of the molecule is NC(=O)c1cn([C@@H]2O[C@H](CO)[C@@H](O)[C@H]2O)c2ccc(Oc3ccccc3)cc2c1=O. The molecule has 4 rings (SSSR count). The summed E-state index contributed by atoms with van der Waals surface area (Å²) in [6.07, 6.45) is -3.71. The largest absolute Gasteiger partial charge is 0.457 e. The van der Waals surface area contributed by atoms with Gasteiger partial charge < -0.3 is 35.1 Å². The number of primary amides is 1. The lowest BCUT2D eigenvalue weighted by molar-refractivity contribution is -0.0509. The molecule has 1 aliphatic rings. The molecule has 0 aliphatic carbocycles. The smallest absolute Gasteiger partial charge is 0.254 e. The lowest BCUT2D eigenvalue weighted by Gasteiger charge is -2.22. The van der Waals surface area contributed by atoms with Crippen molar-refractivity contribution in [3.63, 3.8) is 0 Å². The minimum Gasteiger partial charge on any atom is -0.457 e. The Balaban J connectivity index is 1.86. The van der Waals surface area contributed by atoms with Crippen molar-refractivity contribution in [3.8, 4) is 11.5 Å². The minimum atomic E-state index is -1.39. The van der Waals surface area contributed by atoms with E-state index in [1.807, 2.05) is 6.07 Å². The van der Waals surface area contributed by atoms with E-state index in [9.17, 15) is 24.9 Å². The van der Waals surface area contributed by atoms with Crippen molar-refractivity contribution in [3.05, 3.63) is 70.5 Å². The van der Waals surface area contributed by atoms with Gasteiger partial charge in [-0.2, -0.15) is 0 Å². The summed E-state index contributed by atoms with van der Waals surface area (Å²) in [4.78, 5) is 24.7. The highest BCUT2D eigenvalue weighted by atomic mass is 16.6. The van der Waals surface area contributed by atoms with Crippen LogP contribution in [0.2, 0.25) is 0 Å². The number of fused-ring (bicyclic) bond motifs is 1. The number of benzene rings is 2. The lowest BCUT2D eigenvalue weighted by Crippen LogP contribution is -2.33. The molecule has 2 aromatic carbocycles. The molecule has 0 radical (unpaired) electrons. The van der Waals surface area contributed by atoms with Crippen molar-refractivity contribution in [2.75, 3.05) is 6.61 Å². The molecule has 0 saturated carbocycles. The Bertz CT molecular complexity index is 1150. The second-order valence-corrected chi connectivity index (χ2v) is 6.97. The predicted octanol–water partition coefficient (Wildman–Crippen LogP) is 0.504. The van der Waals surface area contributed by atoms with Gasteiger partial charge in [-0.25, -0.2) is 0 Å². The number of aliphatic hydroxyl groups excluding tert-OH is 3. The number of rotatable bonds is 5. The Morgan fingerprint density at radius 2 is 1.83 bits per heavy atom. The third-order valence-electron chi connectivity index (χ3n) is 5.04. The molecule has 5 N–H and O–H groups in total. The van der Waals surface area contributed by atoms with Gasteiger partial charge in [-0.15, -0.1) is 0 Å². The summed E-state index contributed by atoms with van der Waals surface area (Å²) in [7, 11) is 0. The molecule has 0 unspecified atom stereocenters. The van der Waals surface area contributed by atoms with Crippen molar-refractivity contribution in [1.29, 1.82) is 0 Å². The van der Waals surface area contributed by atoms with Gasteiger partial charge in [0.2, 0.25) is 5.43 Å². The summed E-state index contributed by atoms with van der Waals surface area (Å²) in [5.41, 5.74) is 4.80. The van der Waals surface area contributed by atoms with Crippen LogP contribution >= 0.6 is 0 Å². The van der Waals surface area contributed by atoms with Crippen LogP contribution in [0.5, 0.6) is 11.5 Å². The fourth-order valence-electron chi connectivity index (χ4n) is 3.52. The van der Waals surface area contributed by atoms with E-state index in [4.69, 9.17) is 15.2 Å². The molecule has 3 aromatic rings. The second-order valence-electron chi connectivity index (χ2n) is 6.97. The van der Waals surface area contributed by atoms with E-state index in [0.29, 0.717) is 17.0 Å². The van der Waals surface area contributed by atoms with Crippen molar-refractivity contribution < 1.29 is 29.6 Å². The highest BCUT2D eigenvalue weighted by Crippen LogP contribution is 2.33. The fourth-order valence-corrected chi connectivity index (χ4v) is 3.52. The first-order valence-electron chi connectivity index (χ1n) is 9.24. The molecular formula is C21H20N2O7. The normalized spacial score (nSPS) is 23.6. The van der Waals surface area contributed by atoms with Crippen LogP contribution in [0, 0.1) is 0 Å². The number of aliphatic hydroxyl groups is 3. The number of hydrogen-bond acceptors (Lipinski definition) is 7. The van der Waals surface area contributed by atoms with Crippen LogP contribution in [-0.4, -0.2) is 50.7 Å². The molecular weight excluding hydrogens is 392 g/mol. The van der Waals surface area contributed by atoms with E-state index in [1.165, 1.54) is 16.8 Å². The van der Waals surface area contributed by atoms with E-state index in [0.717, 1.165) is 0 Å². The molecule has 9 nitrogen and oxygen atoms in total. The Labute approximate surface area is 170 Å². The molecule has 0 spiro atoms. The quantitative estimate of drug-likeness (QED) is 0.478. The van der Waals surface area contributed by atoms with Crippen LogP contribution in [0.25, 0.3) is 10.9 Å². The average molecular weight is 412 g/mol. The van der Waals surface area contributed by atoms with Crippen LogP contribution in [0.15, 0.2) is 59.5 Å². The number of carbonyl (C=O) groups is 1. The summed E-state index contributed by atoms with van der Waals surface area (Å²) in [5.74, 6) is -0.0245. The predicted molar refractivity (Wildman–Crippen MR) is 106 cm³/mol. The van der Waals surface area contributed by atoms with E-state index in [1.54, 1.807) is 36.4 Å². The van der Waals surface area contributed by atoms with E-state index < -0.39 is 42.5 Å². The molecule has 30 heavy (non-hydrogen) atoms. The lowest BCUT2D eigenvalue weighted by atomic mass is 10.1. The molecule has 4 atom stereocenters. The van der Waals surface area contributed by atoms with Gasteiger partial charge in [-0.1, -0.05) is 18.2 Å².